The number of nitrogens with two attached hydrogens (primary N) is 1. The Bertz CT molecular complexity index is 967. The maximum absolute atomic E-state index is 5.86. The van der Waals surface area contributed by atoms with Crippen LogP contribution in [0.2, 0.25) is 0 Å². The zero-order valence-corrected chi connectivity index (χ0v) is 13.1. The third-order valence-corrected chi connectivity index (χ3v) is 4.07. The fraction of sp³-hybridized carbons (Fsp3) is 0. The largest absolute Gasteiger partial charge is 0.457 e. The summed E-state index contributed by atoms with van der Waals surface area (Å²) in [5, 5.41) is 2.50. The van der Waals surface area contributed by atoms with Crippen molar-refractivity contribution in [3.8, 4) is 22.6 Å². The van der Waals surface area contributed by atoms with Gasteiger partial charge in [-0.2, -0.15) is 0 Å². The molecule has 0 aliphatic carbocycles. The minimum absolute atomic E-state index is 0.730. The Hall–Kier alpha value is -3.26. The molecule has 0 aliphatic heterocycles. The van der Waals surface area contributed by atoms with Crippen LogP contribution in [0.4, 0.5) is 5.69 Å². The Labute approximate surface area is 141 Å². The molecule has 0 atom stereocenters. The smallest absolute Gasteiger partial charge is 0.127 e. The van der Waals surface area contributed by atoms with Gasteiger partial charge in [-0.3, -0.25) is 0 Å². The number of benzene rings is 4. The van der Waals surface area contributed by atoms with Crippen LogP contribution in [0.5, 0.6) is 11.5 Å². The van der Waals surface area contributed by atoms with Gasteiger partial charge in [0.05, 0.1) is 0 Å². The number of rotatable bonds is 3. The van der Waals surface area contributed by atoms with E-state index >= 15 is 0 Å². The van der Waals surface area contributed by atoms with Gasteiger partial charge in [-0.15, -0.1) is 0 Å². The summed E-state index contributed by atoms with van der Waals surface area (Å²) in [6.07, 6.45) is 0. The van der Waals surface area contributed by atoms with Crippen LogP contribution in [0.1, 0.15) is 0 Å². The standard InChI is InChI=1S/C22H17NO/c23-18-10-14-20(15-11-18)24-19-12-8-17(9-13-19)22-7-3-5-16-4-1-2-6-21(16)22/h1-15H,23H2. The van der Waals surface area contributed by atoms with Crippen LogP contribution in [-0.4, -0.2) is 0 Å². The zero-order chi connectivity index (χ0) is 16.4. The number of hydrogen-bond acceptors (Lipinski definition) is 2. The molecule has 0 bridgehead atoms. The summed E-state index contributed by atoms with van der Waals surface area (Å²) in [5.74, 6) is 1.59. The normalized spacial score (nSPS) is 10.7. The van der Waals surface area contributed by atoms with Crippen LogP contribution in [0.15, 0.2) is 91.0 Å². The molecule has 2 heteroatoms. The van der Waals surface area contributed by atoms with Crippen LogP contribution in [0, 0.1) is 0 Å². The maximum Gasteiger partial charge on any atom is 0.127 e. The lowest BCUT2D eigenvalue weighted by Gasteiger charge is -2.09. The summed E-state index contributed by atoms with van der Waals surface area (Å²) in [6.45, 7) is 0. The molecule has 2 nitrogen and oxygen atoms in total. The summed E-state index contributed by atoms with van der Waals surface area (Å²) in [5.41, 5.74) is 8.83. The molecule has 24 heavy (non-hydrogen) atoms. The van der Waals surface area contributed by atoms with Crippen molar-refractivity contribution in [2.45, 2.75) is 0 Å². The lowest BCUT2D eigenvalue weighted by atomic mass is 9.98. The Balaban J connectivity index is 1.64. The minimum Gasteiger partial charge on any atom is -0.457 e. The zero-order valence-electron chi connectivity index (χ0n) is 13.1. The van der Waals surface area contributed by atoms with Crippen LogP contribution < -0.4 is 10.5 Å². The second-order valence-corrected chi connectivity index (χ2v) is 5.72. The monoisotopic (exact) mass is 311 g/mol. The Morgan fingerprint density at radius 3 is 1.96 bits per heavy atom. The fourth-order valence-corrected chi connectivity index (χ4v) is 2.85. The third kappa shape index (κ3) is 2.82. The average Bonchev–Trinajstić information content (AvgIpc) is 2.64. The average molecular weight is 311 g/mol. The second-order valence-electron chi connectivity index (χ2n) is 5.72. The van der Waals surface area contributed by atoms with Crippen LogP contribution in [0.25, 0.3) is 21.9 Å². The summed E-state index contributed by atoms with van der Waals surface area (Å²) in [7, 11) is 0. The second kappa shape index (κ2) is 6.09. The van der Waals surface area contributed by atoms with E-state index in [-0.39, 0.29) is 0 Å². The molecule has 0 spiro atoms. The Morgan fingerprint density at radius 1 is 0.583 bits per heavy atom. The highest BCUT2D eigenvalue weighted by molar-refractivity contribution is 5.96. The minimum atomic E-state index is 0.730. The van der Waals surface area contributed by atoms with E-state index in [9.17, 15) is 0 Å². The van der Waals surface area contributed by atoms with E-state index in [1.807, 2.05) is 36.4 Å². The topological polar surface area (TPSA) is 35.2 Å². The van der Waals surface area contributed by atoms with Crippen molar-refractivity contribution in [1.82, 2.24) is 0 Å². The quantitative estimate of drug-likeness (QED) is 0.479. The van der Waals surface area contributed by atoms with Crippen molar-refractivity contribution in [2.24, 2.45) is 0 Å². The molecular weight excluding hydrogens is 294 g/mol. The highest BCUT2D eigenvalue weighted by Crippen LogP contribution is 2.30. The number of anilines is 1. The first-order valence-electron chi connectivity index (χ1n) is 7.91. The number of nitrogen functional groups attached to an aromatic ring is 1. The predicted molar refractivity (Wildman–Crippen MR) is 100 cm³/mol. The molecule has 4 aromatic carbocycles. The van der Waals surface area contributed by atoms with E-state index in [0.29, 0.717) is 0 Å². The van der Waals surface area contributed by atoms with E-state index in [2.05, 4.69) is 54.6 Å². The van der Waals surface area contributed by atoms with E-state index < -0.39 is 0 Å². The highest BCUT2D eigenvalue weighted by atomic mass is 16.5. The fourth-order valence-electron chi connectivity index (χ4n) is 2.85. The van der Waals surface area contributed by atoms with Crippen molar-refractivity contribution < 1.29 is 4.74 Å². The van der Waals surface area contributed by atoms with Crippen molar-refractivity contribution in [1.29, 1.82) is 0 Å². The van der Waals surface area contributed by atoms with Gasteiger partial charge < -0.3 is 10.5 Å². The van der Waals surface area contributed by atoms with Gasteiger partial charge in [0.15, 0.2) is 0 Å². The van der Waals surface area contributed by atoms with E-state index in [1.165, 1.54) is 21.9 Å². The molecule has 2 N–H and O–H groups in total. The predicted octanol–water partition coefficient (Wildman–Crippen LogP) is 5.88. The molecule has 116 valence electrons. The lowest BCUT2D eigenvalue weighted by Crippen LogP contribution is -1.87. The van der Waals surface area contributed by atoms with Gasteiger partial charge in [-0.1, -0.05) is 54.6 Å². The van der Waals surface area contributed by atoms with Gasteiger partial charge in [0.1, 0.15) is 11.5 Å². The first-order valence-corrected chi connectivity index (χ1v) is 7.91. The van der Waals surface area contributed by atoms with Crippen LogP contribution in [-0.2, 0) is 0 Å². The molecule has 0 amide bonds. The van der Waals surface area contributed by atoms with Crippen molar-refractivity contribution in [3.05, 3.63) is 91.0 Å². The molecular formula is C22H17NO. The van der Waals surface area contributed by atoms with Gasteiger partial charge in [-0.25, -0.2) is 0 Å². The molecule has 0 radical (unpaired) electrons. The van der Waals surface area contributed by atoms with Gasteiger partial charge in [0.2, 0.25) is 0 Å². The molecule has 0 saturated carbocycles. The summed E-state index contributed by atoms with van der Waals surface area (Å²) in [4.78, 5) is 0. The summed E-state index contributed by atoms with van der Waals surface area (Å²) >= 11 is 0. The Kier molecular flexibility index (Phi) is 3.64. The van der Waals surface area contributed by atoms with E-state index in [0.717, 1.165) is 17.2 Å². The Morgan fingerprint density at radius 2 is 1.21 bits per heavy atom. The van der Waals surface area contributed by atoms with Gasteiger partial charge in [-0.05, 0) is 58.3 Å². The SMILES string of the molecule is Nc1ccc(Oc2ccc(-c3cccc4ccccc34)cc2)cc1. The maximum atomic E-state index is 5.86. The van der Waals surface area contributed by atoms with Crippen LogP contribution >= 0.6 is 0 Å². The molecule has 0 saturated heterocycles. The molecule has 4 rings (SSSR count). The molecule has 0 unspecified atom stereocenters. The summed E-state index contributed by atoms with van der Waals surface area (Å²) in [6, 6.07) is 30.4. The molecule has 0 aromatic heterocycles. The number of fused-ring (bicyclic) bond motifs is 1. The van der Waals surface area contributed by atoms with Crippen molar-refractivity contribution in [2.75, 3.05) is 5.73 Å². The molecule has 4 aromatic rings. The number of hydrogen-bond donors (Lipinski definition) is 1. The van der Waals surface area contributed by atoms with E-state index in [1.54, 1.807) is 0 Å². The molecule has 0 aliphatic rings. The van der Waals surface area contributed by atoms with Crippen LogP contribution in [0.3, 0.4) is 0 Å². The molecule has 0 heterocycles. The van der Waals surface area contributed by atoms with Gasteiger partial charge in [0.25, 0.3) is 0 Å². The number of ether oxygens (including phenoxy) is 1. The van der Waals surface area contributed by atoms with Crippen molar-refractivity contribution in [3.63, 3.8) is 0 Å². The molecule has 0 fully saturated rings. The highest BCUT2D eigenvalue weighted by Gasteiger charge is 2.04. The lowest BCUT2D eigenvalue weighted by molar-refractivity contribution is 0.483. The van der Waals surface area contributed by atoms with Gasteiger partial charge >= 0.3 is 0 Å². The van der Waals surface area contributed by atoms with E-state index in [4.69, 9.17) is 10.5 Å². The van der Waals surface area contributed by atoms with Crippen molar-refractivity contribution >= 4 is 16.5 Å². The van der Waals surface area contributed by atoms with Gasteiger partial charge in [0, 0.05) is 5.69 Å². The first-order chi connectivity index (χ1) is 11.8. The first kappa shape index (κ1) is 14.3. The third-order valence-electron chi connectivity index (χ3n) is 4.07. The summed E-state index contributed by atoms with van der Waals surface area (Å²) < 4.78 is 5.86.